The third kappa shape index (κ3) is 5.57. The number of hydrogen-bond acceptors (Lipinski definition) is 5. The van der Waals surface area contributed by atoms with Crippen molar-refractivity contribution >= 4 is 5.69 Å². The highest BCUT2D eigenvalue weighted by Crippen LogP contribution is 2.44. The van der Waals surface area contributed by atoms with Crippen molar-refractivity contribution in [3.8, 4) is 17.0 Å². The second-order valence-electron chi connectivity index (χ2n) is 11.0. The second kappa shape index (κ2) is 8.78. The molecule has 0 saturated carbocycles. The van der Waals surface area contributed by atoms with Gasteiger partial charge in [0.15, 0.2) is 0 Å². The maximum atomic E-state index is 9.76. The number of hydrogen-bond donors (Lipinski definition) is 1. The van der Waals surface area contributed by atoms with Crippen LogP contribution >= 0.6 is 0 Å². The lowest BCUT2D eigenvalue weighted by Gasteiger charge is -2.41. The molecule has 0 spiro atoms. The van der Waals surface area contributed by atoms with E-state index in [0.717, 1.165) is 48.4 Å². The van der Waals surface area contributed by atoms with Crippen LogP contribution in [0.3, 0.4) is 0 Å². The highest BCUT2D eigenvalue weighted by molar-refractivity contribution is 5.79. The Kier molecular flexibility index (Phi) is 6.66. The van der Waals surface area contributed by atoms with Crippen LogP contribution in [0.25, 0.3) is 11.3 Å². The number of nitrogens with zero attached hydrogens (tertiary/aromatic N) is 3. The molecule has 170 valence electrons. The Morgan fingerprint density at radius 3 is 2.23 bits per heavy atom. The summed E-state index contributed by atoms with van der Waals surface area (Å²) in [6, 6.07) is 3.56. The number of piperidine rings is 1. The summed E-state index contributed by atoms with van der Waals surface area (Å²) in [4.78, 5) is 11.8. The predicted octanol–water partition coefficient (Wildman–Crippen LogP) is 6.30. The molecule has 1 saturated heterocycles. The molecule has 1 aliphatic heterocycles. The van der Waals surface area contributed by atoms with Gasteiger partial charge in [-0.1, -0.05) is 27.7 Å². The zero-order valence-corrected chi connectivity index (χ0v) is 20.5. The van der Waals surface area contributed by atoms with Crippen molar-refractivity contribution in [3.05, 3.63) is 35.8 Å². The maximum absolute atomic E-state index is 9.76. The van der Waals surface area contributed by atoms with Gasteiger partial charge in [0, 0.05) is 36.1 Å². The van der Waals surface area contributed by atoms with Crippen LogP contribution in [0.2, 0.25) is 0 Å². The van der Waals surface area contributed by atoms with Crippen LogP contribution in [0.1, 0.15) is 78.7 Å². The van der Waals surface area contributed by atoms with Crippen molar-refractivity contribution in [1.82, 2.24) is 9.97 Å². The summed E-state index contributed by atoms with van der Waals surface area (Å²) in [6.45, 7) is 19.5. The highest BCUT2D eigenvalue weighted by Gasteiger charge is 2.34. The summed E-state index contributed by atoms with van der Waals surface area (Å²) in [5, 5.41) is 9.76. The van der Waals surface area contributed by atoms with E-state index in [-0.39, 0.29) is 17.5 Å². The topological polar surface area (TPSA) is 58.5 Å². The zero-order valence-electron chi connectivity index (χ0n) is 20.5. The van der Waals surface area contributed by atoms with Gasteiger partial charge in [0.1, 0.15) is 5.75 Å². The zero-order chi connectivity index (χ0) is 23.0. The Hall–Kier alpha value is -2.14. The van der Waals surface area contributed by atoms with E-state index in [1.807, 2.05) is 12.3 Å². The quantitative estimate of drug-likeness (QED) is 0.609. The molecule has 1 unspecified atom stereocenters. The van der Waals surface area contributed by atoms with Crippen LogP contribution in [0.5, 0.6) is 5.75 Å². The highest BCUT2D eigenvalue weighted by atomic mass is 16.5. The minimum atomic E-state index is -0.269. The Bertz CT molecular complexity index is 888. The smallest absolute Gasteiger partial charge is 0.133 e. The molecule has 5 heteroatoms. The summed E-state index contributed by atoms with van der Waals surface area (Å²) in [5.74, 6) is 0.462. The molecule has 0 amide bonds. The molecule has 1 fully saturated rings. The molecule has 31 heavy (non-hydrogen) atoms. The molecule has 1 aliphatic rings. The summed E-state index contributed by atoms with van der Waals surface area (Å²) in [6.07, 6.45) is 5.64. The van der Waals surface area contributed by atoms with Crippen molar-refractivity contribution in [2.75, 3.05) is 18.0 Å². The molecule has 3 rings (SSSR count). The molecule has 1 N–H and O–H groups in total. The average Bonchev–Trinajstić information content (AvgIpc) is 2.66. The molecular formula is C26H39N3O2. The van der Waals surface area contributed by atoms with Gasteiger partial charge < -0.3 is 14.7 Å². The normalized spacial score (nSPS) is 17.8. The fraction of sp³-hybridized carbons (Fsp3) is 0.615. The van der Waals surface area contributed by atoms with Crippen molar-refractivity contribution in [1.29, 1.82) is 0 Å². The Morgan fingerprint density at radius 1 is 1.06 bits per heavy atom. The molecule has 0 aromatic carbocycles. The Balaban J connectivity index is 2.21. The van der Waals surface area contributed by atoms with Crippen molar-refractivity contribution in [3.63, 3.8) is 0 Å². The molecule has 1 atom stereocenters. The molecule has 5 nitrogen and oxygen atoms in total. The lowest BCUT2D eigenvalue weighted by Crippen LogP contribution is -2.39. The minimum absolute atomic E-state index is 0.0745. The summed E-state index contributed by atoms with van der Waals surface area (Å²) < 4.78 is 6.62. The second-order valence-corrected chi connectivity index (χ2v) is 11.0. The monoisotopic (exact) mass is 425 g/mol. The van der Waals surface area contributed by atoms with Gasteiger partial charge >= 0.3 is 0 Å². The number of aromatic nitrogens is 2. The first kappa shape index (κ1) is 23.5. The molecule has 0 bridgehead atoms. The number of anilines is 1. The van der Waals surface area contributed by atoms with Crippen LogP contribution in [0.15, 0.2) is 24.5 Å². The third-order valence-electron chi connectivity index (χ3n) is 6.11. The molecule has 2 aromatic heterocycles. The Labute approximate surface area is 187 Å². The van der Waals surface area contributed by atoms with Crippen LogP contribution < -0.4 is 4.90 Å². The lowest BCUT2D eigenvalue weighted by atomic mass is 9.82. The van der Waals surface area contributed by atoms with E-state index in [4.69, 9.17) is 9.72 Å². The minimum Gasteiger partial charge on any atom is -0.506 e. The van der Waals surface area contributed by atoms with E-state index in [9.17, 15) is 5.11 Å². The van der Waals surface area contributed by atoms with Crippen LogP contribution in [-0.4, -0.2) is 33.8 Å². The molecular weight excluding hydrogens is 386 g/mol. The summed E-state index contributed by atoms with van der Waals surface area (Å²) in [7, 11) is 0. The molecule has 2 aromatic rings. The van der Waals surface area contributed by atoms with E-state index >= 15 is 0 Å². The maximum Gasteiger partial charge on any atom is 0.133 e. The van der Waals surface area contributed by atoms with E-state index in [2.05, 4.69) is 65.3 Å². The molecule has 0 aliphatic carbocycles. The third-order valence-corrected chi connectivity index (χ3v) is 6.11. The van der Waals surface area contributed by atoms with Crippen LogP contribution in [-0.2, 0) is 4.74 Å². The Morgan fingerprint density at radius 2 is 1.71 bits per heavy atom. The van der Waals surface area contributed by atoms with Gasteiger partial charge in [0.05, 0.1) is 29.3 Å². The van der Waals surface area contributed by atoms with Gasteiger partial charge in [0.2, 0.25) is 0 Å². The number of ether oxygens (including phenoxy) is 1. The lowest BCUT2D eigenvalue weighted by molar-refractivity contribution is -0.0817. The van der Waals surface area contributed by atoms with Gasteiger partial charge in [0.25, 0.3) is 0 Å². The van der Waals surface area contributed by atoms with Gasteiger partial charge in [-0.05, 0) is 64.0 Å². The first-order chi connectivity index (χ1) is 14.4. The van der Waals surface area contributed by atoms with E-state index in [0.29, 0.717) is 11.3 Å². The summed E-state index contributed by atoms with van der Waals surface area (Å²) >= 11 is 0. The molecule has 3 heterocycles. The summed E-state index contributed by atoms with van der Waals surface area (Å²) in [5.41, 5.74) is 5.27. The fourth-order valence-electron chi connectivity index (χ4n) is 4.27. The van der Waals surface area contributed by atoms with Crippen molar-refractivity contribution < 1.29 is 9.84 Å². The number of aryl methyl sites for hydroxylation is 1. The van der Waals surface area contributed by atoms with Gasteiger partial charge in [-0.25, -0.2) is 0 Å². The largest absolute Gasteiger partial charge is 0.506 e. The van der Waals surface area contributed by atoms with Crippen LogP contribution in [0, 0.1) is 18.3 Å². The number of aromatic hydroxyl groups is 1. The first-order valence-corrected chi connectivity index (χ1v) is 11.5. The fourth-order valence-corrected chi connectivity index (χ4v) is 4.27. The van der Waals surface area contributed by atoms with E-state index < -0.39 is 0 Å². The van der Waals surface area contributed by atoms with E-state index in [1.165, 1.54) is 11.9 Å². The van der Waals surface area contributed by atoms with Crippen molar-refractivity contribution in [2.45, 2.75) is 79.9 Å². The SMILES string of the molecule is Cc1ncc(-c2ccc(O)cn2)c(N2CCC(C)(C)CC2)c1C(OC(C)(C)C)C(C)C. The van der Waals surface area contributed by atoms with Gasteiger partial charge in [-0.2, -0.15) is 0 Å². The van der Waals surface area contributed by atoms with E-state index in [1.54, 1.807) is 6.07 Å². The van der Waals surface area contributed by atoms with Gasteiger partial charge in [-0.3, -0.25) is 9.97 Å². The van der Waals surface area contributed by atoms with Crippen LogP contribution in [0.4, 0.5) is 5.69 Å². The van der Waals surface area contributed by atoms with Gasteiger partial charge in [-0.15, -0.1) is 0 Å². The number of pyridine rings is 2. The van der Waals surface area contributed by atoms with Crippen molar-refractivity contribution in [2.24, 2.45) is 11.3 Å². The first-order valence-electron chi connectivity index (χ1n) is 11.5. The standard InChI is InChI=1S/C26H39N3O2/c1-17(2)24(31-25(4,5)6)22-18(3)27-16-20(21-10-9-19(30)15-28-21)23(22)29-13-11-26(7,8)12-14-29/h9-10,15-17,24,30H,11-14H2,1-8H3. The average molecular weight is 426 g/mol. The predicted molar refractivity (Wildman–Crippen MR) is 128 cm³/mol. The number of rotatable bonds is 5. The molecule has 0 radical (unpaired) electrons.